The molecule has 0 fully saturated rings. The highest BCUT2D eigenvalue weighted by atomic mass is 35.5. The molecule has 37 heavy (non-hydrogen) atoms. The first kappa shape index (κ1) is 34.0. The molecule has 3 rings (SSSR count). The predicted molar refractivity (Wildman–Crippen MR) is 164 cm³/mol. The number of halogens is 1. The molecule has 4 nitrogen and oxygen atoms in total. The number of allylic oxidation sites excluding steroid dienone is 3. The van der Waals surface area contributed by atoms with E-state index >= 15 is 0 Å². The third kappa shape index (κ3) is 12.2. The van der Waals surface area contributed by atoms with E-state index in [2.05, 4.69) is 106 Å². The summed E-state index contributed by atoms with van der Waals surface area (Å²) in [5.41, 5.74) is 11.8. The zero-order valence-corrected chi connectivity index (χ0v) is 24.7. The predicted octanol–water partition coefficient (Wildman–Crippen LogP) is 8.49. The molecule has 2 aromatic heterocycles. The molecule has 0 unspecified atom stereocenters. The van der Waals surface area contributed by atoms with Crippen LogP contribution in [0.25, 0.3) is 5.57 Å². The second-order valence-electron chi connectivity index (χ2n) is 7.99. The van der Waals surface area contributed by atoms with Crippen molar-refractivity contribution < 1.29 is 4.79 Å². The van der Waals surface area contributed by atoms with E-state index in [-0.39, 0.29) is 6.41 Å². The summed E-state index contributed by atoms with van der Waals surface area (Å²) in [5, 5.41) is 2.11. The van der Waals surface area contributed by atoms with E-state index in [1.807, 2.05) is 43.2 Å². The lowest BCUT2D eigenvalue weighted by Crippen LogP contribution is -2.04. The van der Waals surface area contributed by atoms with Crippen LogP contribution in [-0.4, -0.2) is 21.7 Å². The van der Waals surface area contributed by atoms with Crippen LogP contribution in [0.1, 0.15) is 55.1 Å². The van der Waals surface area contributed by atoms with Gasteiger partial charge in [0.1, 0.15) is 0 Å². The monoisotopic (exact) mass is 539 g/mol. The number of benzene rings is 1. The Hall–Kier alpha value is -3.02. The SMILES string of the molecule is C/C(Cl)=C\C(=C/CSc1c(C)c(C)c(C)n1Cc1ccncc1)c1ccccc1.C=C.CCC.NC=O. The highest BCUT2D eigenvalue weighted by Gasteiger charge is 2.15. The highest BCUT2D eigenvalue weighted by Crippen LogP contribution is 2.32. The van der Waals surface area contributed by atoms with Crippen LogP contribution in [0, 0.1) is 20.8 Å². The average Bonchev–Trinajstić information content (AvgIpc) is 3.10. The molecule has 3 aromatic rings. The summed E-state index contributed by atoms with van der Waals surface area (Å²) in [5.74, 6) is 0.880. The summed E-state index contributed by atoms with van der Waals surface area (Å²) in [6, 6.07) is 14.6. The molecule has 0 saturated carbocycles. The fourth-order valence-corrected chi connectivity index (χ4v) is 4.62. The molecule has 0 saturated heterocycles. The van der Waals surface area contributed by atoms with Gasteiger partial charge in [-0.2, -0.15) is 0 Å². The van der Waals surface area contributed by atoms with Crippen LogP contribution < -0.4 is 5.73 Å². The Labute approximate surface area is 233 Å². The minimum Gasteiger partial charge on any atom is -0.372 e. The van der Waals surface area contributed by atoms with E-state index in [1.54, 1.807) is 0 Å². The van der Waals surface area contributed by atoms with Crippen LogP contribution in [0.4, 0.5) is 0 Å². The number of primary amides is 1. The molecule has 0 aliphatic heterocycles. The van der Waals surface area contributed by atoms with Crippen LogP contribution in [-0.2, 0) is 11.3 Å². The Bertz CT molecular complexity index is 1100. The van der Waals surface area contributed by atoms with Gasteiger partial charge in [0, 0.05) is 35.4 Å². The molecule has 200 valence electrons. The van der Waals surface area contributed by atoms with Gasteiger partial charge >= 0.3 is 0 Å². The maximum absolute atomic E-state index is 8.58. The fraction of sp³-hybridized carbons (Fsp3) is 0.290. The maximum Gasteiger partial charge on any atom is 0.204 e. The second kappa shape index (κ2) is 20.1. The van der Waals surface area contributed by atoms with Gasteiger partial charge < -0.3 is 10.3 Å². The minimum atomic E-state index is 0.250. The van der Waals surface area contributed by atoms with Gasteiger partial charge in [-0.3, -0.25) is 9.78 Å². The van der Waals surface area contributed by atoms with Crippen molar-refractivity contribution in [3.8, 4) is 0 Å². The number of amides is 1. The molecular weight excluding hydrogens is 498 g/mol. The van der Waals surface area contributed by atoms with Gasteiger partial charge in [-0.15, -0.1) is 24.9 Å². The van der Waals surface area contributed by atoms with Gasteiger partial charge in [0.05, 0.1) is 5.03 Å². The molecule has 0 aliphatic carbocycles. The Morgan fingerprint density at radius 1 is 1.05 bits per heavy atom. The van der Waals surface area contributed by atoms with Gasteiger partial charge in [0.2, 0.25) is 6.41 Å². The van der Waals surface area contributed by atoms with Crippen LogP contribution in [0.5, 0.6) is 0 Å². The molecule has 1 amide bonds. The number of nitrogens with zero attached hydrogens (tertiary/aromatic N) is 2. The van der Waals surface area contributed by atoms with Crippen molar-refractivity contribution in [1.82, 2.24) is 9.55 Å². The maximum atomic E-state index is 8.58. The molecule has 1 aromatic carbocycles. The molecule has 0 aliphatic rings. The molecule has 0 radical (unpaired) electrons. The number of carbonyl (C=O) groups is 1. The van der Waals surface area contributed by atoms with E-state index in [0.717, 1.165) is 22.9 Å². The minimum absolute atomic E-state index is 0.250. The van der Waals surface area contributed by atoms with Crippen molar-refractivity contribution in [3.05, 3.63) is 113 Å². The van der Waals surface area contributed by atoms with E-state index < -0.39 is 0 Å². The first-order valence-corrected chi connectivity index (χ1v) is 13.6. The van der Waals surface area contributed by atoms with Crippen molar-refractivity contribution in [2.24, 2.45) is 5.73 Å². The third-order valence-corrected chi connectivity index (χ3v) is 6.39. The number of pyridine rings is 1. The normalized spacial score (nSPS) is 10.7. The van der Waals surface area contributed by atoms with E-state index in [1.165, 1.54) is 39.4 Å². The van der Waals surface area contributed by atoms with Gasteiger partial charge in [-0.25, -0.2) is 0 Å². The van der Waals surface area contributed by atoms with Crippen LogP contribution >= 0.6 is 23.4 Å². The first-order valence-electron chi connectivity index (χ1n) is 12.2. The summed E-state index contributed by atoms with van der Waals surface area (Å²) in [6.07, 6.45) is 9.52. The standard InChI is InChI=1S/C25H27ClN2S.C3H8.C2H4.CH3NO/c1-18(26)16-24(23-8-6-5-7-9-23)12-15-29-25-20(3)19(2)21(4)28(25)17-22-10-13-27-14-11-22;1-3-2;1-2;2-1-3/h5-14,16H,15,17H2,1-4H3;3H2,1-2H3;1-2H2;1H,(H2,2,3)/b18-16+,24-12+;;;. The lowest BCUT2D eigenvalue weighted by atomic mass is 10.1. The van der Waals surface area contributed by atoms with Gasteiger partial charge in [-0.1, -0.05) is 68.3 Å². The topological polar surface area (TPSA) is 60.9 Å². The second-order valence-corrected chi connectivity index (χ2v) is 9.60. The molecule has 0 spiro atoms. The quantitative estimate of drug-likeness (QED) is 0.142. The number of hydrogen-bond donors (Lipinski definition) is 1. The number of carbonyl (C=O) groups excluding carboxylic acids is 1. The summed E-state index contributed by atoms with van der Waals surface area (Å²) in [4.78, 5) is 12.7. The fourth-order valence-electron chi connectivity index (χ4n) is 3.35. The molecule has 6 heteroatoms. The van der Waals surface area contributed by atoms with Crippen molar-refractivity contribution in [3.63, 3.8) is 0 Å². The van der Waals surface area contributed by atoms with Gasteiger partial charge in [0.25, 0.3) is 0 Å². The van der Waals surface area contributed by atoms with E-state index in [9.17, 15) is 0 Å². The van der Waals surface area contributed by atoms with Crippen molar-refractivity contribution >= 4 is 35.3 Å². The summed E-state index contributed by atoms with van der Waals surface area (Å²) in [7, 11) is 0. The number of hydrogen-bond acceptors (Lipinski definition) is 3. The largest absolute Gasteiger partial charge is 0.372 e. The molecular formula is C31H42ClN3OS. The summed E-state index contributed by atoms with van der Waals surface area (Å²) < 4.78 is 2.42. The van der Waals surface area contributed by atoms with Crippen molar-refractivity contribution in [1.29, 1.82) is 0 Å². The summed E-state index contributed by atoms with van der Waals surface area (Å²) >= 11 is 8.06. The van der Waals surface area contributed by atoms with E-state index in [0.29, 0.717) is 0 Å². The lowest BCUT2D eigenvalue weighted by molar-refractivity contribution is -0.106. The van der Waals surface area contributed by atoms with Crippen LogP contribution in [0.3, 0.4) is 0 Å². The molecule has 0 atom stereocenters. The third-order valence-electron chi connectivity index (χ3n) is 5.15. The molecule has 0 bridgehead atoms. The van der Waals surface area contributed by atoms with Crippen molar-refractivity contribution in [2.45, 2.75) is 59.5 Å². The Morgan fingerprint density at radius 3 is 2.11 bits per heavy atom. The Balaban J connectivity index is 0.00000145. The van der Waals surface area contributed by atoms with E-state index in [4.69, 9.17) is 16.4 Å². The van der Waals surface area contributed by atoms with Gasteiger partial charge in [0.15, 0.2) is 0 Å². The zero-order chi connectivity index (χ0) is 28.2. The molecule has 2 N–H and O–H groups in total. The van der Waals surface area contributed by atoms with Crippen LogP contribution in [0.15, 0.2) is 90.2 Å². The van der Waals surface area contributed by atoms with Crippen LogP contribution in [0.2, 0.25) is 0 Å². The smallest absolute Gasteiger partial charge is 0.204 e. The highest BCUT2D eigenvalue weighted by molar-refractivity contribution is 7.99. The average molecular weight is 540 g/mol. The number of rotatable bonds is 7. The first-order chi connectivity index (χ1) is 17.8. The zero-order valence-electron chi connectivity index (χ0n) is 23.1. The lowest BCUT2D eigenvalue weighted by Gasteiger charge is -2.12. The molecule has 2 heterocycles. The Kier molecular flexibility index (Phi) is 18.4. The number of thioether (sulfide) groups is 1. The Morgan fingerprint density at radius 2 is 1.59 bits per heavy atom. The number of aromatic nitrogens is 2. The van der Waals surface area contributed by atoms with Gasteiger partial charge in [-0.05, 0) is 73.7 Å². The number of nitrogens with two attached hydrogens (primary N) is 1. The van der Waals surface area contributed by atoms with Crippen molar-refractivity contribution in [2.75, 3.05) is 5.75 Å². The summed E-state index contributed by atoms with van der Waals surface area (Å²) in [6.45, 7) is 19.7.